The molecule has 1 aromatic carbocycles. The van der Waals surface area contributed by atoms with Crippen LogP contribution in [-0.4, -0.2) is 11.9 Å². The fourth-order valence-corrected chi connectivity index (χ4v) is 0.838. The van der Waals surface area contributed by atoms with E-state index in [4.69, 9.17) is 0 Å². The summed E-state index contributed by atoms with van der Waals surface area (Å²) in [5.74, 6) is -1.16. The predicted molar refractivity (Wildman–Crippen MR) is 51.4 cm³/mol. The summed E-state index contributed by atoms with van der Waals surface area (Å²) in [6.07, 6.45) is 2.17. The van der Waals surface area contributed by atoms with Crippen molar-refractivity contribution in [3.8, 4) is 0 Å². The molecule has 0 fully saturated rings. The monoisotopic (exact) mass is 190 g/mol. The van der Waals surface area contributed by atoms with Crippen LogP contribution in [0.1, 0.15) is 5.56 Å². The minimum Gasteiger partial charge on any atom is -0.387 e. The van der Waals surface area contributed by atoms with Crippen molar-refractivity contribution in [1.29, 1.82) is 0 Å². The Bertz CT molecular complexity index is 336. The number of rotatable bonds is 0. The number of ether oxygens (including phenoxy) is 1. The van der Waals surface area contributed by atoms with Crippen molar-refractivity contribution in [3.63, 3.8) is 0 Å². The van der Waals surface area contributed by atoms with Crippen LogP contribution in [0.15, 0.2) is 42.5 Å². The summed E-state index contributed by atoms with van der Waals surface area (Å²) in [6, 6.07) is 10.3. The normalized spacial score (nSPS) is 13.2. The van der Waals surface area contributed by atoms with Gasteiger partial charge < -0.3 is 4.74 Å². The number of benzene rings is 1. The third kappa shape index (κ3) is 3.67. The molecule has 14 heavy (non-hydrogen) atoms. The Balaban J connectivity index is 0.000000140. The van der Waals surface area contributed by atoms with Gasteiger partial charge in [0.15, 0.2) is 0 Å². The van der Waals surface area contributed by atoms with Gasteiger partial charge in [-0.1, -0.05) is 35.9 Å². The summed E-state index contributed by atoms with van der Waals surface area (Å²) in [4.78, 5) is 19.8. The fraction of sp³-hybridized carbons (Fsp3) is 0.0909. The van der Waals surface area contributed by atoms with E-state index in [1.54, 1.807) is 0 Å². The van der Waals surface area contributed by atoms with Gasteiger partial charge in [-0.3, -0.25) is 0 Å². The van der Waals surface area contributed by atoms with Gasteiger partial charge in [0.2, 0.25) is 0 Å². The Morgan fingerprint density at radius 2 is 1.43 bits per heavy atom. The minimum absolute atomic E-state index is 0.579. The molecule has 0 aliphatic carbocycles. The van der Waals surface area contributed by atoms with Gasteiger partial charge in [-0.05, 0) is 6.92 Å². The number of aryl methyl sites for hydroxylation is 1. The highest BCUT2D eigenvalue weighted by Crippen LogP contribution is 1.93. The van der Waals surface area contributed by atoms with E-state index >= 15 is 0 Å². The standard InChI is InChI=1S/C7H8.C4H2O3/c1-7-5-3-2-4-6-7;5-3-1-2-4(6)7-3/h2-6H,1H3;1-2H. The molecule has 3 nitrogen and oxygen atoms in total. The van der Waals surface area contributed by atoms with E-state index in [0.717, 1.165) is 12.2 Å². The van der Waals surface area contributed by atoms with Crippen LogP contribution in [0.5, 0.6) is 0 Å². The van der Waals surface area contributed by atoms with Crippen molar-refractivity contribution in [1.82, 2.24) is 0 Å². The fourth-order valence-electron chi connectivity index (χ4n) is 0.838. The first-order valence-electron chi connectivity index (χ1n) is 4.14. The van der Waals surface area contributed by atoms with Gasteiger partial charge in [-0.25, -0.2) is 9.59 Å². The lowest BCUT2D eigenvalue weighted by Crippen LogP contribution is -1.96. The number of esters is 2. The average Bonchev–Trinajstić information content (AvgIpc) is 2.52. The molecular weight excluding hydrogens is 180 g/mol. The Kier molecular flexibility index (Phi) is 3.61. The average molecular weight is 190 g/mol. The highest BCUT2D eigenvalue weighted by atomic mass is 16.6. The molecular formula is C11H10O3. The highest BCUT2D eigenvalue weighted by Gasteiger charge is 2.10. The third-order valence-electron chi connectivity index (χ3n) is 1.50. The van der Waals surface area contributed by atoms with Gasteiger partial charge in [-0.2, -0.15) is 0 Å². The van der Waals surface area contributed by atoms with Crippen molar-refractivity contribution in [2.45, 2.75) is 6.92 Å². The topological polar surface area (TPSA) is 43.4 Å². The number of hydrogen-bond donors (Lipinski definition) is 0. The van der Waals surface area contributed by atoms with Crippen LogP contribution in [0.2, 0.25) is 0 Å². The molecule has 2 rings (SSSR count). The van der Waals surface area contributed by atoms with Gasteiger partial charge in [0.05, 0.1) is 0 Å². The van der Waals surface area contributed by atoms with Crippen molar-refractivity contribution in [2.75, 3.05) is 0 Å². The number of hydrogen-bond acceptors (Lipinski definition) is 3. The smallest absolute Gasteiger partial charge is 0.338 e. The molecule has 1 heterocycles. The van der Waals surface area contributed by atoms with Crippen LogP contribution >= 0.6 is 0 Å². The second kappa shape index (κ2) is 4.97. The lowest BCUT2D eigenvalue weighted by Gasteiger charge is -1.82. The van der Waals surface area contributed by atoms with E-state index < -0.39 is 11.9 Å². The van der Waals surface area contributed by atoms with E-state index in [0.29, 0.717) is 0 Å². The van der Waals surface area contributed by atoms with Crippen molar-refractivity contribution in [3.05, 3.63) is 48.0 Å². The Labute approximate surface area is 82.0 Å². The summed E-state index contributed by atoms with van der Waals surface area (Å²) >= 11 is 0. The maximum Gasteiger partial charge on any atom is 0.338 e. The maximum absolute atomic E-state index is 9.92. The van der Waals surface area contributed by atoms with Gasteiger partial charge in [0.1, 0.15) is 0 Å². The maximum atomic E-state index is 9.92. The lowest BCUT2D eigenvalue weighted by atomic mass is 10.2. The highest BCUT2D eigenvalue weighted by molar-refractivity contribution is 6.04. The zero-order chi connectivity index (χ0) is 10.4. The molecule has 0 N–H and O–H groups in total. The van der Waals surface area contributed by atoms with Crippen LogP contribution in [0.3, 0.4) is 0 Å². The molecule has 0 bridgehead atoms. The van der Waals surface area contributed by atoms with Gasteiger partial charge in [-0.15, -0.1) is 0 Å². The third-order valence-corrected chi connectivity index (χ3v) is 1.50. The van der Waals surface area contributed by atoms with Crippen molar-refractivity contribution in [2.24, 2.45) is 0 Å². The molecule has 0 unspecified atom stereocenters. The first-order chi connectivity index (χ1) is 6.68. The lowest BCUT2D eigenvalue weighted by molar-refractivity contribution is -0.150. The molecule has 1 aromatic rings. The number of cyclic esters (lactones) is 2. The summed E-state index contributed by atoms with van der Waals surface area (Å²) in [6.45, 7) is 2.08. The van der Waals surface area contributed by atoms with Gasteiger partial charge in [0, 0.05) is 12.2 Å². The van der Waals surface area contributed by atoms with Crippen molar-refractivity contribution >= 4 is 11.9 Å². The van der Waals surface area contributed by atoms with Gasteiger partial charge in [0.25, 0.3) is 0 Å². The molecule has 1 aliphatic heterocycles. The van der Waals surface area contributed by atoms with E-state index in [-0.39, 0.29) is 0 Å². The second-order valence-electron chi connectivity index (χ2n) is 2.73. The van der Waals surface area contributed by atoms with E-state index in [1.807, 2.05) is 18.2 Å². The first kappa shape index (κ1) is 10.2. The zero-order valence-electron chi connectivity index (χ0n) is 7.77. The molecule has 72 valence electrons. The molecule has 3 heteroatoms. The molecule has 0 saturated carbocycles. The zero-order valence-corrected chi connectivity index (χ0v) is 7.77. The molecule has 0 atom stereocenters. The number of carbonyl (C=O) groups is 2. The molecule has 0 aromatic heterocycles. The summed E-state index contributed by atoms with van der Waals surface area (Å²) in [5, 5.41) is 0. The minimum atomic E-state index is -0.579. The quantitative estimate of drug-likeness (QED) is 0.461. The Morgan fingerprint density at radius 1 is 0.929 bits per heavy atom. The molecule has 0 amide bonds. The SMILES string of the molecule is Cc1ccccc1.O=C1C=CC(=O)O1. The summed E-state index contributed by atoms with van der Waals surface area (Å²) in [5.41, 5.74) is 1.32. The van der Waals surface area contributed by atoms with Crippen LogP contribution in [-0.2, 0) is 14.3 Å². The van der Waals surface area contributed by atoms with E-state index in [1.165, 1.54) is 5.56 Å². The Morgan fingerprint density at radius 3 is 1.64 bits per heavy atom. The van der Waals surface area contributed by atoms with Crippen LogP contribution < -0.4 is 0 Å². The van der Waals surface area contributed by atoms with E-state index in [2.05, 4.69) is 23.8 Å². The molecule has 1 aliphatic rings. The van der Waals surface area contributed by atoms with Crippen molar-refractivity contribution < 1.29 is 14.3 Å². The Hall–Kier alpha value is -1.90. The molecule has 0 spiro atoms. The first-order valence-corrected chi connectivity index (χ1v) is 4.14. The summed E-state index contributed by atoms with van der Waals surface area (Å²) < 4.78 is 3.97. The van der Waals surface area contributed by atoms with Gasteiger partial charge >= 0.3 is 11.9 Å². The van der Waals surface area contributed by atoms with Crippen LogP contribution in [0.4, 0.5) is 0 Å². The predicted octanol–water partition coefficient (Wildman–Crippen LogP) is 1.62. The molecule has 0 radical (unpaired) electrons. The van der Waals surface area contributed by atoms with Crippen LogP contribution in [0.25, 0.3) is 0 Å². The summed E-state index contributed by atoms with van der Waals surface area (Å²) in [7, 11) is 0. The molecule has 0 saturated heterocycles. The largest absolute Gasteiger partial charge is 0.387 e. The van der Waals surface area contributed by atoms with Crippen LogP contribution in [0, 0.1) is 6.92 Å². The number of carbonyl (C=O) groups excluding carboxylic acids is 2. The second-order valence-corrected chi connectivity index (χ2v) is 2.73. The van der Waals surface area contributed by atoms with E-state index in [9.17, 15) is 9.59 Å².